The first-order valence-corrected chi connectivity index (χ1v) is 10.7. The zero-order valence-corrected chi connectivity index (χ0v) is 19.6. The Balaban J connectivity index is 2.47. The molecule has 0 bridgehead atoms. The highest BCUT2D eigenvalue weighted by Crippen LogP contribution is 2.62. The van der Waals surface area contributed by atoms with E-state index in [1.807, 2.05) is 0 Å². The third-order valence-corrected chi connectivity index (χ3v) is 6.03. The molecule has 0 aliphatic heterocycles. The zero-order valence-electron chi connectivity index (χ0n) is 19.6. The quantitative estimate of drug-likeness (QED) is 0.277. The number of hydrogen-bond acceptors (Lipinski definition) is 2. The molecule has 0 amide bonds. The Morgan fingerprint density at radius 2 is 0.684 bits per heavy atom. The summed E-state index contributed by atoms with van der Waals surface area (Å²) < 4.78 is 172. The zero-order chi connectivity index (χ0) is 29.6. The van der Waals surface area contributed by atoms with Gasteiger partial charge in [-0.2, -0.15) is 52.7 Å². The van der Waals surface area contributed by atoms with Crippen molar-refractivity contribution in [2.45, 2.75) is 73.4 Å². The summed E-state index contributed by atoms with van der Waals surface area (Å²) in [5.74, 6) is -42.9. The van der Waals surface area contributed by atoms with Crippen molar-refractivity contribution >= 4 is 0 Å². The maximum Gasteiger partial charge on any atom is 0.384 e. The lowest BCUT2D eigenvalue weighted by Crippen LogP contribution is -2.71. The molecule has 2 atom stereocenters. The normalized spacial score (nSPS) is 17.6. The molecule has 0 heterocycles. The van der Waals surface area contributed by atoms with Crippen LogP contribution in [0.5, 0.6) is 0 Å². The van der Waals surface area contributed by atoms with E-state index in [1.165, 1.54) is 12.1 Å². The van der Waals surface area contributed by atoms with Gasteiger partial charge in [0.25, 0.3) is 0 Å². The maximum absolute atomic E-state index is 14.4. The predicted molar refractivity (Wildman–Crippen MR) is 111 cm³/mol. The van der Waals surface area contributed by atoms with E-state index in [1.54, 1.807) is 0 Å². The summed E-state index contributed by atoms with van der Waals surface area (Å²) in [5, 5.41) is 20.3. The molecular weight excluding hydrogens is 548 g/mol. The van der Waals surface area contributed by atoms with Crippen LogP contribution in [0.1, 0.15) is 37.8 Å². The van der Waals surface area contributed by atoms with Crippen LogP contribution in [-0.4, -0.2) is 45.7 Å². The van der Waals surface area contributed by atoms with E-state index in [9.17, 15) is 62.9 Å². The van der Waals surface area contributed by atoms with E-state index >= 15 is 0 Å². The van der Waals surface area contributed by atoms with E-state index in [4.69, 9.17) is 0 Å². The van der Waals surface area contributed by atoms with Crippen molar-refractivity contribution in [2.75, 3.05) is 0 Å². The fraction of sp³-hybridized carbons (Fsp3) is 0.500. The molecule has 0 aromatic heterocycles. The topological polar surface area (TPSA) is 40.5 Å². The van der Waals surface area contributed by atoms with Crippen molar-refractivity contribution in [2.24, 2.45) is 0 Å². The summed E-state index contributed by atoms with van der Waals surface area (Å²) >= 11 is 0. The van der Waals surface area contributed by atoms with Gasteiger partial charge in [0.2, 0.25) is 0 Å². The average Bonchev–Trinajstić information content (AvgIpc) is 2.78. The van der Waals surface area contributed by atoms with Gasteiger partial charge >= 0.3 is 35.5 Å². The molecule has 38 heavy (non-hydrogen) atoms. The van der Waals surface area contributed by atoms with Crippen LogP contribution in [0.15, 0.2) is 60.7 Å². The van der Waals surface area contributed by atoms with Gasteiger partial charge in [-0.3, -0.25) is 0 Å². The molecule has 0 saturated carbocycles. The van der Waals surface area contributed by atoms with Gasteiger partial charge in [0.05, 0.1) is 24.0 Å². The second kappa shape index (κ2) is 9.61. The molecular formula is C24H22F12O2. The first-order chi connectivity index (χ1) is 16.9. The van der Waals surface area contributed by atoms with E-state index in [0.717, 1.165) is 48.5 Å². The van der Waals surface area contributed by atoms with Gasteiger partial charge < -0.3 is 10.2 Å². The van der Waals surface area contributed by atoms with E-state index in [2.05, 4.69) is 0 Å². The lowest BCUT2D eigenvalue weighted by Gasteiger charge is -2.43. The summed E-state index contributed by atoms with van der Waals surface area (Å²) in [4.78, 5) is 0. The van der Waals surface area contributed by atoms with Crippen LogP contribution in [0.25, 0.3) is 0 Å². The lowest BCUT2D eigenvalue weighted by molar-refractivity contribution is -0.429. The summed E-state index contributed by atoms with van der Waals surface area (Å²) in [6.07, 6.45) is -5.35. The van der Waals surface area contributed by atoms with Gasteiger partial charge in [-0.05, 0) is 25.0 Å². The molecule has 0 fully saturated rings. The number of benzene rings is 2. The van der Waals surface area contributed by atoms with Gasteiger partial charge in [0.15, 0.2) is 0 Å². The van der Waals surface area contributed by atoms with E-state index < -0.39 is 70.7 Å². The van der Waals surface area contributed by atoms with Crippen LogP contribution in [0.2, 0.25) is 0 Å². The molecule has 0 spiro atoms. The van der Waals surface area contributed by atoms with Crippen LogP contribution < -0.4 is 0 Å². The van der Waals surface area contributed by atoms with Crippen molar-refractivity contribution in [3.05, 3.63) is 71.8 Å². The maximum atomic E-state index is 14.4. The van der Waals surface area contributed by atoms with Crippen molar-refractivity contribution in [1.29, 1.82) is 0 Å². The molecule has 2 aromatic carbocycles. The second-order valence-corrected chi connectivity index (χ2v) is 9.34. The summed E-state index contributed by atoms with van der Waals surface area (Å²) in [6.45, 7) is 0.883. The average molecular weight is 570 g/mol. The number of halogens is 12. The fourth-order valence-electron chi connectivity index (χ4n) is 3.74. The second-order valence-electron chi connectivity index (χ2n) is 9.34. The Bertz CT molecular complexity index is 997. The SMILES string of the molecule is CC(O)(CC(F)(F)C(F)(F)C(F)(F)C(F)(F)C(F)(F)C(F)(F)CC(C)(O)c1ccccc1)c1ccccc1. The Hall–Kier alpha value is -2.48. The van der Waals surface area contributed by atoms with E-state index in [-0.39, 0.29) is 0 Å². The summed E-state index contributed by atoms with van der Waals surface area (Å²) in [6, 6.07) is 10.7. The number of aliphatic hydroxyl groups is 2. The van der Waals surface area contributed by atoms with Crippen molar-refractivity contribution < 1.29 is 62.9 Å². The van der Waals surface area contributed by atoms with Gasteiger partial charge in [0.1, 0.15) is 0 Å². The number of rotatable bonds is 11. The third-order valence-electron chi connectivity index (χ3n) is 6.03. The van der Waals surface area contributed by atoms with Crippen LogP contribution >= 0.6 is 0 Å². The smallest absolute Gasteiger partial charge is 0.384 e. The highest BCUT2D eigenvalue weighted by atomic mass is 19.4. The van der Waals surface area contributed by atoms with Gasteiger partial charge in [-0.1, -0.05) is 60.7 Å². The molecule has 214 valence electrons. The molecule has 2 aromatic rings. The fourth-order valence-corrected chi connectivity index (χ4v) is 3.74. The Morgan fingerprint density at radius 1 is 0.447 bits per heavy atom. The predicted octanol–water partition coefficient (Wildman–Crippen LogP) is 7.39. The van der Waals surface area contributed by atoms with E-state index in [0.29, 0.717) is 13.8 Å². The molecule has 14 heteroatoms. The first kappa shape index (κ1) is 31.7. The largest absolute Gasteiger partial charge is 0.385 e. The lowest BCUT2D eigenvalue weighted by atomic mass is 9.82. The van der Waals surface area contributed by atoms with Crippen LogP contribution in [-0.2, 0) is 11.2 Å². The van der Waals surface area contributed by atoms with Crippen molar-refractivity contribution in [1.82, 2.24) is 0 Å². The number of alkyl halides is 12. The molecule has 0 radical (unpaired) electrons. The minimum Gasteiger partial charge on any atom is -0.385 e. The molecule has 0 saturated heterocycles. The molecule has 2 unspecified atom stereocenters. The van der Waals surface area contributed by atoms with Crippen LogP contribution in [0.3, 0.4) is 0 Å². The van der Waals surface area contributed by atoms with Crippen molar-refractivity contribution in [3.8, 4) is 0 Å². The Kier molecular flexibility index (Phi) is 8.03. The van der Waals surface area contributed by atoms with Crippen LogP contribution in [0, 0.1) is 0 Å². The third kappa shape index (κ3) is 5.21. The number of hydrogen-bond donors (Lipinski definition) is 2. The van der Waals surface area contributed by atoms with Crippen LogP contribution in [0.4, 0.5) is 52.7 Å². The standard InChI is InChI=1S/C24H22F12O2/c1-17(37,15-9-5-3-6-10-15)13-19(25,26)21(29,30)23(33,34)24(35,36)22(31,32)20(27,28)14-18(2,38)16-11-7-4-8-12-16/h3-12,37-38H,13-14H2,1-2H3. The van der Waals surface area contributed by atoms with Crippen molar-refractivity contribution in [3.63, 3.8) is 0 Å². The summed E-state index contributed by atoms with van der Waals surface area (Å²) in [7, 11) is 0. The van der Waals surface area contributed by atoms with Gasteiger partial charge in [-0.15, -0.1) is 0 Å². The highest BCUT2D eigenvalue weighted by Gasteiger charge is 2.90. The van der Waals surface area contributed by atoms with Gasteiger partial charge in [0, 0.05) is 0 Å². The molecule has 0 aliphatic rings. The summed E-state index contributed by atoms with van der Waals surface area (Å²) in [5.41, 5.74) is -7.24. The molecule has 2 nitrogen and oxygen atoms in total. The molecule has 0 aliphatic carbocycles. The molecule has 2 N–H and O–H groups in total. The Labute approximate surface area is 208 Å². The highest BCUT2D eigenvalue weighted by molar-refractivity contribution is 5.24. The molecule has 2 rings (SSSR count). The minimum atomic E-state index is -7.78. The Morgan fingerprint density at radius 3 is 0.921 bits per heavy atom. The van der Waals surface area contributed by atoms with Gasteiger partial charge in [-0.25, -0.2) is 0 Å². The minimum absolute atomic E-state index is 0.441. The monoisotopic (exact) mass is 570 g/mol. The first-order valence-electron chi connectivity index (χ1n) is 10.7.